The van der Waals surface area contributed by atoms with Crippen LogP contribution >= 0.6 is 0 Å². The van der Waals surface area contributed by atoms with Gasteiger partial charge < -0.3 is 5.11 Å². The Balaban J connectivity index is 2.45. The average molecular weight is 154 g/mol. The van der Waals surface area contributed by atoms with Gasteiger partial charge in [-0.1, -0.05) is 6.92 Å². The number of piperidine rings is 1. The minimum absolute atomic E-state index is 0.0266. The normalized spacial score (nSPS) is 33.2. The summed E-state index contributed by atoms with van der Waals surface area (Å²) >= 11 is 0. The Kier molecular flexibility index (Phi) is 2.86. The highest BCUT2D eigenvalue weighted by atomic mass is 16.3. The number of likely N-dealkylation sites (N-methyl/N-ethyl adjacent to an activating group) is 1. The number of nitriles is 1. The second-order valence-electron chi connectivity index (χ2n) is 3.07. The summed E-state index contributed by atoms with van der Waals surface area (Å²) in [7, 11) is 0. The first-order chi connectivity index (χ1) is 5.26. The van der Waals surface area contributed by atoms with Gasteiger partial charge in [0.1, 0.15) is 0 Å². The van der Waals surface area contributed by atoms with E-state index in [4.69, 9.17) is 5.26 Å². The standard InChI is InChI=1S/C8H14N2O/c1-2-10-5-7(4-9)3-8(11)6-10/h7-8,11H,2-3,5-6H2,1H3/t7-,8-/m1/s1. The molecule has 3 nitrogen and oxygen atoms in total. The fourth-order valence-electron chi connectivity index (χ4n) is 1.51. The van der Waals surface area contributed by atoms with Crippen molar-refractivity contribution in [3.8, 4) is 6.07 Å². The van der Waals surface area contributed by atoms with Gasteiger partial charge in [0.2, 0.25) is 0 Å². The largest absolute Gasteiger partial charge is 0.392 e. The molecule has 1 aliphatic heterocycles. The Labute approximate surface area is 67.2 Å². The third-order valence-electron chi connectivity index (χ3n) is 2.13. The van der Waals surface area contributed by atoms with E-state index in [2.05, 4.69) is 11.0 Å². The van der Waals surface area contributed by atoms with Crippen molar-refractivity contribution in [1.29, 1.82) is 5.26 Å². The highest BCUT2D eigenvalue weighted by Gasteiger charge is 2.24. The smallest absolute Gasteiger partial charge is 0.0680 e. The predicted octanol–water partition coefficient (Wildman–Crippen LogP) is 0.213. The van der Waals surface area contributed by atoms with Gasteiger partial charge in [-0.25, -0.2) is 0 Å². The number of aliphatic hydroxyl groups is 1. The average Bonchev–Trinajstić information content (AvgIpc) is 2.03. The topological polar surface area (TPSA) is 47.3 Å². The highest BCUT2D eigenvalue weighted by Crippen LogP contribution is 2.15. The molecule has 62 valence electrons. The second-order valence-corrected chi connectivity index (χ2v) is 3.07. The molecule has 0 aromatic heterocycles. The molecule has 11 heavy (non-hydrogen) atoms. The minimum Gasteiger partial charge on any atom is -0.392 e. The van der Waals surface area contributed by atoms with E-state index in [-0.39, 0.29) is 12.0 Å². The lowest BCUT2D eigenvalue weighted by Crippen LogP contribution is -2.42. The second kappa shape index (κ2) is 3.70. The lowest BCUT2D eigenvalue weighted by molar-refractivity contribution is 0.0564. The van der Waals surface area contributed by atoms with Crippen LogP contribution in [-0.2, 0) is 0 Å². The van der Waals surface area contributed by atoms with E-state index < -0.39 is 0 Å². The van der Waals surface area contributed by atoms with Gasteiger partial charge in [0, 0.05) is 13.1 Å². The molecule has 2 atom stereocenters. The Hall–Kier alpha value is -0.590. The number of β-amino-alcohol motifs (C(OH)–C–C–N with tert-alkyl or cyclic N) is 1. The van der Waals surface area contributed by atoms with E-state index >= 15 is 0 Å². The lowest BCUT2D eigenvalue weighted by Gasteiger charge is -2.31. The minimum atomic E-state index is -0.298. The zero-order chi connectivity index (χ0) is 8.27. The van der Waals surface area contributed by atoms with Gasteiger partial charge in [0.05, 0.1) is 18.1 Å². The molecule has 1 saturated heterocycles. The van der Waals surface area contributed by atoms with Crippen molar-refractivity contribution in [1.82, 2.24) is 4.90 Å². The summed E-state index contributed by atoms with van der Waals surface area (Å²) in [5, 5.41) is 18.0. The monoisotopic (exact) mass is 154 g/mol. The Morgan fingerprint density at radius 3 is 2.91 bits per heavy atom. The van der Waals surface area contributed by atoms with E-state index in [0.29, 0.717) is 6.42 Å². The molecule has 0 aliphatic carbocycles. The first-order valence-electron chi connectivity index (χ1n) is 4.06. The van der Waals surface area contributed by atoms with Gasteiger partial charge in [-0.3, -0.25) is 4.90 Å². The van der Waals surface area contributed by atoms with Crippen molar-refractivity contribution in [3.63, 3.8) is 0 Å². The molecule has 1 N–H and O–H groups in total. The van der Waals surface area contributed by atoms with Crippen LogP contribution in [0.3, 0.4) is 0 Å². The van der Waals surface area contributed by atoms with Crippen LogP contribution in [0.2, 0.25) is 0 Å². The van der Waals surface area contributed by atoms with Crippen molar-refractivity contribution in [2.45, 2.75) is 19.4 Å². The zero-order valence-corrected chi connectivity index (χ0v) is 6.82. The van der Waals surface area contributed by atoms with Crippen molar-refractivity contribution in [3.05, 3.63) is 0 Å². The third-order valence-corrected chi connectivity index (χ3v) is 2.13. The van der Waals surface area contributed by atoms with Gasteiger partial charge >= 0.3 is 0 Å². The molecule has 1 heterocycles. The van der Waals surface area contributed by atoms with Crippen LogP contribution in [0.4, 0.5) is 0 Å². The molecular formula is C8H14N2O. The quantitative estimate of drug-likeness (QED) is 0.587. The van der Waals surface area contributed by atoms with Crippen molar-refractivity contribution in [2.75, 3.05) is 19.6 Å². The zero-order valence-electron chi connectivity index (χ0n) is 6.82. The summed E-state index contributed by atoms with van der Waals surface area (Å²) in [5.41, 5.74) is 0. The van der Waals surface area contributed by atoms with Crippen LogP contribution in [0.15, 0.2) is 0 Å². The highest BCUT2D eigenvalue weighted by molar-refractivity contribution is 4.91. The number of nitrogens with zero attached hydrogens (tertiary/aromatic N) is 2. The van der Waals surface area contributed by atoms with Gasteiger partial charge in [-0.2, -0.15) is 5.26 Å². The maximum atomic E-state index is 9.32. The van der Waals surface area contributed by atoms with E-state index in [9.17, 15) is 5.11 Å². The van der Waals surface area contributed by atoms with E-state index in [1.54, 1.807) is 0 Å². The van der Waals surface area contributed by atoms with Gasteiger partial charge in [-0.05, 0) is 13.0 Å². The first-order valence-corrected chi connectivity index (χ1v) is 4.06. The molecule has 3 heteroatoms. The van der Waals surface area contributed by atoms with Crippen molar-refractivity contribution >= 4 is 0 Å². The number of rotatable bonds is 1. The predicted molar refractivity (Wildman–Crippen MR) is 41.8 cm³/mol. The van der Waals surface area contributed by atoms with Crippen LogP contribution in [0.25, 0.3) is 0 Å². The molecule has 1 rings (SSSR count). The van der Waals surface area contributed by atoms with E-state index in [0.717, 1.165) is 19.6 Å². The maximum Gasteiger partial charge on any atom is 0.0680 e. The van der Waals surface area contributed by atoms with E-state index in [1.807, 2.05) is 6.92 Å². The molecule has 1 fully saturated rings. The summed E-state index contributed by atoms with van der Waals surface area (Å²) in [4.78, 5) is 2.11. The molecule has 0 saturated carbocycles. The van der Waals surface area contributed by atoms with Crippen LogP contribution < -0.4 is 0 Å². The van der Waals surface area contributed by atoms with Crippen molar-refractivity contribution < 1.29 is 5.11 Å². The Bertz CT molecular complexity index is 164. The molecule has 0 spiro atoms. The lowest BCUT2D eigenvalue weighted by atomic mass is 9.98. The van der Waals surface area contributed by atoms with Gasteiger partial charge in [0.15, 0.2) is 0 Å². The molecule has 0 radical (unpaired) electrons. The first kappa shape index (κ1) is 8.51. The summed E-state index contributed by atoms with van der Waals surface area (Å²) in [6, 6.07) is 2.20. The van der Waals surface area contributed by atoms with Crippen LogP contribution in [0, 0.1) is 17.2 Å². The molecule has 0 aromatic rings. The third kappa shape index (κ3) is 2.18. The van der Waals surface area contributed by atoms with Gasteiger partial charge in [0.25, 0.3) is 0 Å². The molecular weight excluding hydrogens is 140 g/mol. The molecule has 0 bridgehead atoms. The molecule has 0 unspecified atom stereocenters. The summed E-state index contributed by atoms with van der Waals surface area (Å²) < 4.78 is 0. The maximum absolute atomic E-state index is 9.32. The van der Waals surface area contributed by atoms with E-state index in [1.165, 1.54) is 0 Å². The molecule has 0 aromatic carbocycles. The van der Waals surface area contributed by atoms with Crippen molar-refractivity contribution in [2.24, 2.45) is 5.92 Å². The number of aliphatic hydroxyl groups excluding tert-OH is 1. The van der Waals surface area contributed by atoms with Gasteiger partial charge in [-0.15, -0.1) is 0 Å². The Morgan fingerprint density at radius 1 is 1.64 bits per heavy atom. The summed E-state index contributed by atoms with van der Waals surface area (Å²) in [5.74, 6) is 0.0266. The number of hydrogen-bond acceptors (Lipinski definition) is 3. The molecule has 1 aliphatic rings. The summed E-state index contributed by atoms with van der Waals surface area (Å²) in [6.07, 6.45) is 0.348. The Morgan fingerprint density at radius 2 is 2.36 bits per heavy atom. The van der Waals surface area contributed by atoms with Crippen LogP contribution in [-0.4, -0.2) is 35.7 Å². The molecule has 0 amide bonds. The number of hydrogen-bond donors (Lipinski definition) is 1. The summed E-state index contributed by atoms with van der Waals surface area (Å²) in [6.45, 7) is 4.53. The fourth-order valence-corrected chi connectivity index (χ4v) is 1.51. The fraction of sp³-hybridized carbons (Fsp3) is 0.875. The van der Waals surface area contributed by atoms with Crippen LogP contribution in [0.5, 0.6) is 0 Å². The van der Waals surface area contributed by atoms with Crippen LogP contribution in [0.1, 0.15) is 13.3 Å². The SMILES string of the molecule is CCN1C[C@H](O)C[C@H](C#N)C1. The number of likely N-dealkylation sites (tertiary alicyclic amines) is 1.